The number of benzene rings is 2. The van der Waals surface area contributed by atoms with Gasteiger partial charge in [0.25, 0.3) is 10.1 Å². The Bertz CT molecular complexity index is 1280. The largest absolute Gasteiger partial charge is 0.443 e. The van der Waals surface area contributed by atoms with Crippen LogP contribution in [0.3, 0.4) is 0 Å². The van der Waals surface area contributed by atoms with E-state index in [-0.39, 0.29) is 26.4 Å². The van der Waals surface area contributed by atoms with Crippen LogP contribution in [-0.4, -0.2) is 94.2 Å². The molecule has 2 N–H and O–H groups in total. The maximum absolute atomic E-state index is 13.3. The molecule has 1 aliphatic heterocycles. The molecule has 2 aromatic rings. The number of methoxy groups -OCH3 is 1. The molecule has 44 heavy (non-hydrogen) atoms. The van der Waals surface area contributed by atoms with E-state index in [1.807, 2.05) is 12.1 Å². The molecule has 0 bridgehead atoms. The van der Waals surface area contributed by atoms with Gasteiger partial charge in [-0.05, 0) is 25.0 Å². The summed E-state index contributed by atoms with van der Waals surface area (Å²) in [4.78, 5) is 26.1. The van der Waals surface area contributed by atoms with Crippen LogP contribution < -0.4 is 5.43 Å². The van der Waals surface area contributed by atoms with Gasteiger partial charge in [0, 0.05) is 13.5 Å². The molecule has 2 amide bonds. The lowest BCUT2D eigenvalue weighted by Crippen LogP contribution is -2.55. The number of hydrogen-bond acceptors (Lipinski definition) is 12. The highest BCUT2D eigenvalue weighted by atomic mass is 32.2. The number of rotatable bonds is 15. The van der Waals surface area contributed by atoms with Crippen molar-refractivity contribution in [3.63, 3.8) is 0 Å². The molecule has 1 aliphatic rings. The Labute approximate surface area is 257 Å². The van der Waals surface area contributed by atoms with E-state index in [1.54, 1.807) is 62.4 Å². The fourth-order valence-electron chi connectivity index (χ4n) is 4.40. The second kappa shape index (κ2) is 16.7. The quantitative estimate of drug-likeness (QED) is 0.166. The van der Waals surface area contributed by atoms with E-state index in [1.165, 1.54) is 7.11 Å². The van der Waals surface area contributed by atoms with Gasteiger partial charge < -0.3 is 33.5 Å². The van der Waals surface area contributed by atoms with Crippen molar-refractivity contribution >= 4 is 22.3 Å². The van der Waals surface area contributed by atoms with Crippen LogP contribution in [0.2, 0.25) is 0 Å². The van der Waals surface area contributed by atoms with Crippen molar-refractivity contribution in [1.82, 2.24) is 10.4 Å². The summed E-state index contributed by atoms with van der Waals surface area (Å²) in [6.07, 6.45) is -3.92. The Balaban J connectivity index is 1.81. The Hall–Kier alpha value is -3.31. The standard InChI is InChI=1S/C29H40N2O12S/c1-29(2)42-24(26(43-29)25(40-20-37-3)19-41-44(4,35)36)15-23(16-32)31(28(34)39-18-22-13-9-6-10-14-22)30-27(33)38-17-21-11-7-5-8-12-21/h5-14,23-26,32H,15-20H2,1-4H3,(H,30,33)/t23-,24+,25-,26+/m1/s1. The average molecular weight is 641 g/mol. The van der Waals surface area contributed by atoms with E-state index in [9.17, 15) is 23.1 Å². The number of hydrazine groups is 1. The fourth-order valence-corrected chi connectivity index (χ4v) is 4.78. The second-order valence-corrected chi connectivity index (χ2v) is 12.0. The molecule has 0 radical (unpaired) electrons. The Morgan fingerprint density at radius 3 is 2.14 bits per heavy atom. The molecule has 0 spiro atoms. The van der Waals surface area contributed by atoms with E-state index < -0.39 is 65.7 Å². The van der Waals surface area contributed by atoms with Crippen LogP contribution in [-0.2, 0) is 55.9 Å². The maximum atomic E-state index is 13.3. The highest BCUT2D eigenvalue weighted by Gasteiger charge is 2.48. The molecule has 0 aromatic heterocycles. The van der Waals surface area contributed by atoms with Crippen LogP contribution >= 0.6 is 0 Å². The maximum Gasteiger partial charge on any atom is 0.429 e. The smallest absolute Gasteiger partial charge is 0.429 e. The van der Waals surface area contributed by atoms with Crippen LogP contribution in [0.4, 0.5) is 9.59 Å². The number of aliphatic hydroxyl groups excluding tert-OH is 1. The molecule has 2 aromatic carbocycles. The third-order valence-corrected chi connectivity index (χ3v) is 6.91. The van der Waals surface area contributed by atoms with Gasteiger partial charge in [0.2, 0.25) is 0 Å². The van der Waals surface area contributed by atoms with Crippen LogP contribution in [0.5, 0.6) is 0 Å². The number of carbonyl (C=O) groups excluding carboxylic acids is 2. The van der Waals surface area contributed by atoms with Crippen LogP contribution in [0.15, 0.2) is 60.7 Å². The SMILES string of the molecule is COCO[C@H](COS(C)(=O)=O)[C@H]1OC(C)(C)O[C@H]1C[C@H](CO)N(NC(=O)OCc1ccccc1)C(=O)OCc1ccccc1. The molecule has 14 nitrogen and oxygen atoms in total. The molecule has 4 atom stereocenters. The van der Waals surface area contributed by atoms with Crippen molar-refractivity contribution < 1.29 is 55.7 Å². The zero-order valence-electron chi connectivity index (χ0n) is 25.1. The molecule has 1 saturated heterocycles. The van der Waals surface area contributed by atoms with Crippen molar-refractivity contribution in [3.05, 3.63) is 71.8 Å². The first-order chi connectivity index (χ1) is 20.9. The zero-order valence-corrected chi connectivity index (χ0v) is 25.9. The van der Waals surface area contributed by atoms with E-state index in [4.69, 9.17) is 32.6 Å². The van der Waals surface area contributed by atoms with E-state index in [0.29, 0.717) is 5.56 Å². The molecule has 1 fully saturated rings. The van der Waals surface area contributed by atoms with Gasteiger partial charge >= 0.3 is 12.2 Å². The van der Waals surface area contributed by atoms with E-state index >= 15 is 0 Å². The number of carbonyl (C=O) groups is 2. The number of hydrogen-bond donors (Lipinski definition) is 2. The normalized spacial score (nSPS) is 19.1. The molecular formula is C29H40N2O12S. The predicted octanol–water partition coefficient (Wildman–Crippen LogP) is 2.70. The van der Waals surface area contributed by atoms with Gasteiger partial charge in [-0.2, -0.15) is 8.42 Å². The summed E-state index contributed by atoms with van der Waals surface area (Å²) in [6.45, 7) is 1.85. The van der Waals surface area contributed by atoms with Crippen LogP contribution in [0.25, 0.3) is 0 Å². The van der Waals surface area contributed by atoms with Crippen molar-refractivity contribution in [1.29, 1.82) is 0 Å². The predicted molar refractivity (Wildman–Crippen MR) is 155 cm³/mol. The minimum atomic E-state index is -3.83. The molecule has 0 saturated carbocycles. The van der Waals surface area contributed by atoms with Gasteiger partial charge in [-0.1, -0.05) is 60.7 Å². The summed E-state index contributed by atoms with van der Waals surface area (Å²) in [5.74, 6) is -1.16. The Kier molecular flexibility index (Phi) is 13.3. The van der Waals surface area contributed by atoms with Gasteiger partial charge in [-0.3, -0.25) is 4.18 Å². The third-order valence-electron chi connectivity index (χ3n) is 6.34. The lowest BCUT2D eigenvalue weighted by Gasteiger charge is -2.32. The minimum Gasteiger partial charge on any atom is -0.443 e. The highest BCUT2D eigenvalue weighted by molar-refractivity contribution is 7.85. The summed E-state index contributed by atoms with van der Waals surface area (Å²) in [5.41, 5.74) is 3.80. The van der Waals surface area contributed by atoms with E-state index in [2.05, 4.69) is 5.43 Å². The number of nitrogens with one attached hydrogen (secondary N) is 1. The van der Waals surface area contributed by atoms with Crippen molar-refractivity contribution in [2.45, 2.75) is 63.6 Å². The lowest BCUT2D eigenvalue weighted by molar-refractivity contribution is -0.174. The molecule has 0 aliphatic carbocycles. The van der Waals surface area contributed by atoms with Crippen molar-refractivity contribution in [2.24, 2.45) is 0 Å². The molecule has 15 heteroatoms. The summed E-state index contributed by atoms with van der Waals surface area (Å²) in [6, 6.07) is 16.7. The number of aliphatic hydroxyl groups is 1. The first kappa shape index (κ1) is 35.2. The number of ether oxygens (including phenoxy) is 6. The molecule has 0 unspecified atom stereocenters. The average Bonchev–Trinajstić information content (AvgIpc) is 3.30. The van der Waals surface area contributed by atoms with Crippen LogP contribution in [0.1, 0.15) is 31.4 Å². The van der Waals surface area contributed by atoms with Crippen LogP contribution in [0, 0.1) is 0 Å². The van der Waals surface area contributed by atoms with Gasteiger partial charge in [0.15, 0.2) is 5.79 Å². The molecular weight excluding hydrogens is 600 g/mol. The number of nitrogens with zero attached hydrogens (tertiary/aromatic N) is 1. The van der Waals surface area contributed by atoms with Crippen molar-refractivity contribution in [2.75, 3.05) is 33.4 Å². The first-order valence-corrected chi connectivity index (χ1v) is 15.6. The topological polar surface area (TPSA) is 168 Å². The fraction of sp³-hybridized carbons (Fsp3) is 0.517. The third kappa shape index (κ3) is 11.6. The minimum absolute atomic E-state index is 0.0714. The lowest BCUT2D eigenvalue weighted by atomic mass is 10.0. The molecule has 3 rings (SSSR count). The zero-order chi connectivity index (χ0) is 32.2. The summed E-state index contributed by atoms with van der Waals surface area (Å²) < 4.78 is 61.9. The summed E-state index contributed by atoms with van der Waals surface area (Å²) in [7, 11) is -2.43. The van der Waals surface area contributed by atoms with Gasteiger partial charge in [-0.25, -0.2) is 20.0 Å². The summed E-state index contributed by atoms with van der Waals surface area (Å²) >= 11 is 0. The van der Waals surface area contributed by atoms with Crippen molar-refractivity contribution in [3.8, 4) is 0 Å². The van der Waals surface area contributed by atoms with E-state index in [0.717, 1.165) is 16.8 Å². The Morgan fingerprint density at radius 2 is 1.59 bits per heavy atom. The second-order valence-electron chi connectivity index (χ2n) is 10.4. The van der Waals surface area contributed by atoms with Gasteiger partial charge in [-0.15, -0.1) is 0 Å². The highest BCUT2D eigenvalue weighted by Crippen LogP contribution is 2.34. The monoisotopic (exact) mass is 640 g/mol. The number of amides is 2. The summed E-state index contributed by atoms with van der Waals surface area (Å²) in [5, 5.41) is 11.3. The van der Waals surface area contributed by atoms with Gasteiger partial charge in [0.05, 0.1) is 31.6 Å². The Morgan fingerprint density at radius 1 is 1.00 bits per heavy atom. The van der Waals surface area contributed by atoms with Gasteiger partial charge in [0.1, 0.15) is 32.2 Å². The molecule has 1 heterocycles. The first-order valence-electron chi connectivity index (χ1n) is 13.8. The molecule has 244 valence electrons.